The Balaban J connectivity index is 2.45. The van der Waals surface area contributed by atoms with Crippen molar-refractivity contribution in [2.45, 2.75) is 0 Å². The molecule has 0 bridgehead atoms. The average molecular weight is 264 g/mol. The number of nitriles is 1. The number of hydrogen-bond acceptors (Lipinski definition) is 6. The average Bonchev–Trinajstić information content (AvgIpc) is 2.81. The van der Waals surface area contributed by atoms with E-state index in [1.165, 1.54) is 18.4 Å². The van der Waals surface area contributed by atoms with Crippen LogP contribution in [-0.2, 0) is 10.1 Å². The van der Waals surface area contributed by atoms with Gasteiger partial charge in [0.05, 0.1) is 12.5 Å². The van der Waals surface area contributed by atoms with E-state index in [1.807, 2.05) is 0 Å². The largest absolute Gasteiger partial charge is 0.463 e. The molecule has 0 aromatic carbocycles. The molecular weight excluding hydrogens is 256 g/mol. The molecule has 0 saturated carbocycles. The van der Waals surface area contributed by atoms with Crippen molar-refractivity contribution >= 4 is 10.1 Å². The number of pyridine rings is 1. The van der Waals surface area contributed by atoms with Crippen LogP contribution in [0.1, 0.15) is 5.69 Å². The second-order valence-corrected chi connectivity index (χ2v) is 4.99. The van der Waals surface area contributed by atoms with Crippen molar-refractivity contribution in [2.24, 2.45) is 0 Å². The number of hydrogen-bond donors (Lipinski definition) is 0. The van der Waals surface area contributed by atoms with Crippen molar-refractivity contribution in [3.8, 4) is 23.3 Å². The van der Waals surface area contributed by atoms with Crippen LogP contribution in [0.25, 0.3) is 11.5 Å². The number of furan rings is 1. The summed E-state index contributed by atoms with van der Waals surface area (Å²) in [5, 5.41) is 8.92. The summed E-state index contributed by atoms with van der Waals surface area (Å²) >= 11 is 0. The molecule has 0 aliphatic heterocycles. The van der Waals surface area contributed by atoms with Crippen molar-refractivity contribution in [1.29, 1.82) is 5.26 Å². The van der Waals surface area contributed by atoms with Crippen LogP contribution in [0.3, 0.4) is 0 Å². The predicted molar refractivity (Wildman–Crippen MR) is 62.1 cm³/mol. The van der Waals surface area contributed by atoms with Crippen LogP contribution >= 0.6 is 0 Å². The molecule has 0 fully saturated rings. The summed E-state index contributed by atoms with van der Waals surface area (Å²) in [7, 11) is -3.69. The van der Waals surface area contributed by atoms with Gasteiger partial charge in [0.15, 0.2) is 17.2 Å². The highest BCUT2D eigenvalue weighted by molar-refractivity contribution is 7.86. The SMILES string of the molecule is CS(=O)(=O)Oc1ccc(-c2ccco2)nc1C#N. The van der Waals surface area contributed by atoms with Crippen LogP contribution in [0.2, 0.25) is 0 Å². The zero-order valence-electron chi connectivity index (χ0n) is 9.32. The van der Waals surface area contributed by atoms with Gasteiger partial charge in [-0.05, 0) is 24.3 Å². The van der Waals surface area contributed by atoms with Crippen LogP contribution in [0, 0.1) is 11.3 Å². The van der Waals surface area contributed by atoms with Crippen LogP contribution in [-0.4, -0.2) is 19.7 Å². The van der Waals surface area contributed by atoms with Crippen molar-refractivity contribution < 1.29 is 17.0 Å². The molecule has 6 nitrogen and oxygen atoms in total. The molecule has 2 aromatic heterocycles. The predicted octanol–water partition coefficient (Wildman–Crippen LogP) is 1.55. The summed E-state index contributed by atoms with van der Waals surface area (Å²) in [6.07, 6.45) is 2.37. The summed E-state index contributed by atoms with van der Waals surface area (Å²) < 4.78 is 31.8. The van der Waals surface area contributed by atoms with Gasteiger partial charge in [0, 0.05) is 0 Å². The van der Waals surface area contributed by atoms with Gasteiger partial charge >= 0.3 is 10.1 Å². The first-order valence-electron chi connectivity index (χ1n) is 4.84. The Hall–Kier alpha value is -2.33. The lowest BCUT2D eigenvalue weighted by Crippen LogP contribution is -2.07. The molecule has 0 unspecified atom stereocenters. The lowest BCUT2D eigenvalue weighted by Gasteiger charge is -2.05. The normalized spacial score (nSPS) is 10.9. The van der Waals surface area contributed by atoms with E-state index in [1.54, 1.807) is 18.2 Å². The highest BCUT2D eigenvalue weighted by Gasteiger charge is 2.13. The summed E-state index contributed by atoms with van der Waals surface area (Å²) in [5.74, 6) is 0.382. The van der Waals surface area contributed by atoms with Gasteiger partial charge in [-0.3, -0.25) is 0 Å². The van der Waals surface area contributed by atoms with E-state index in [0.717, 1.165) is 6.26 Å². The second kappa shape index (κ2) is 4.50. The molecule has 0 radical (unpaired) electrons. The Morgan fingerprint density at radius 2 is 2.17 bits per heavy atom. The highest BCUT2D eigenvalue weighted by atomic mass is 32.2. The number of rotatable bonds is 3. The zero-order valence-corrected chi connectivity index (χ0v) is 10.1. The summed E-state index contributed by atoms with van der Waals surface area (Å²) in [6.45, 7) is 0. The third-order valence-electron chi connectivity index (χ3n) is 1.98. The molecule has 0 aliphatic carbocycles. The van der Waals surface area contributed by atoms with Gasteiger partial charge in [0.25, 0.3) is 0 Å². The van der Waals surface area contributed by atoms with Crippen molar-refractivity contribution in [2.75, 3.05) is 6.26 Å². The van der Waals surface area contributed by atoms with Gasteiger partial charge in [0.2, 0.25) is 0 Å². The molecule has 0 spiro atoms. The molecule has 0 saturated heterocycles. The van der Waals surface area contributed by atoms with Gasteiger partial charge in [-0.15, -0.1) is 0 Å². The summed E-state index contributed by atoms with van der Waals surface area (Å²) in [4.78, 5) is 3.97. The van der Waals surface area contributed by atoms with Gasteiger partial charge < -0.3 is 8.60 Å². The maximum Gasteiger partial charge on any atom is 0.306 e. The van der Waals surface area contributed by atoms with Gasteiger partial charge in [-0.25, -0.2) is 4.98 Å². The first kappa shape index (κ1) is 12.1. The first-order chi connectivity index (χ1) is 8.49. The van der Waals surface area contributed by atoms with Crippen molar-refractivity contribution in [3.63, 3.8) is 0 Å². The van der Waals surface area contributed by atoms with Crippen LogP contribution < -0.4 is 4.18 Å². The van der Waals surface area contributed by atoms with E-state index in [-0.39, 0.29) is 11.4 Å². The lowest BCUT2D eigenvalue weighted by atomic mass is 10.2. The molecule has 0 aliphatic rings. The Kier molecular flexibility index (Phi) is 3.04. The molecular formula is C11H8N2O4S. The lowest BCUT2D eigenvalue weighted by molar-refractivity contribution is 0.490. The van der Waals surface area contributed by atoms with E-state index in [2.05, 4.69) is 9.17 Å². The number of aromatic nitrogens is 1. The molecule has 92 valence electrons. The Bertz CT molecular complexity index is 699. The van der Waals surface area contributed by atoms with Crippen LogP contribution in [0.4, 0.5) is 0 Å². The molecule has 2 rings (SSSR count). The topological polar surface area (TPSA) is 93.2 Å². The fourth-order valence-electron chi connectivity index (χ4n) is 1.32. The summed E-state index contributed by atoms with van der Waals surface area (Å²) in [6, 6.07) is 8.02. The van der Waals surface area contributed by atoms with E-state index in [0.29, 0.717) is 11.5 Å². The number of nitrogens with zero attached hydrogens (tertiary/aromatic N) is 2. The standard InChI is InChI=1S/C11H8N2O4S/c1-18(14,15)17-11-5-4-8(13-9(11)7-12)10-3-2-6-16-10/h2-6H,1H3. The second-order valence-electron chi connectivity index (χ2n) is 3.42. The van der Waals surface area contributed by atoms with Crippen LogP contribution in [0.5, 0.6) is 5.75 Å². The molecule has 0 atom stereocenters. The Morgan fingerprint density at radius 3 is 2.72 bits per heavy atom. The molecule has 0 N–H and O–H groups in total. The molecule has 18 heavy (non-hydrogen) atoms. The maximum atomic E-state index is 11.0. The molecule has 2 aromatic rings. The first-order valence-corrected chi connectivity index (χ1v) is 6.66. The quantitative estimate of drug-likeness (QED) is 0.781. The Morgan fingerprint density at radius 1 is 1.39 bits per heavy atom. The molecule has 2 heterocycles. The van der Waals surface area contributed by atoms with Crippen molar-refractivity contribution in [3.05, 3.63) is 36.2 Å². The monoisotopic (exact) mass is 264 g/mol. The van der Waals surface area contributed by atoms with Gasteiger partial charge in [0.1, 0.15) is 11.8 Å². The van der Waals surface area contributed by atoms with Gasteiger partial charge in [-0.1, -0.05) is 0 Å². The fraction of sp³-hybridized carbons (Fsp3) is 0.0909. The van der Waals surface area contributed by atoms with E-state index >= 15 is 0 Å². The van der Waals surface area contributed by atoms with Crippen molar-refractivity contribution in [1.82, 2.24) is 4.98 Å². The third-order valence-corrected chi connectivity index (χ3v) is 2.46. The van der Waals surface area contributed by atoms with E-state index in [9.17, 15) is 8.42 Å². The molecule has 0 amide bonds. The summed E-state index contributed by atoms with van der Waals surface area (Å²) in [5.41, 5.74) is 0.312. The van der Waals surface area contributed by atoms with E-state index < -0.39 is 10.1 Å². The minimum atomic E-state index is -3.69. The van der Waals surface area contributed by atoms with Crippen LogP contribution in [0.15, 0.2) is 34.9 Å². The Labute approximate surface area is 104 Å². The fourth-order valence-corrected chi connectivity index (χ4v) is 1.78. The van der Waals surface area contributed by atoms with E-state index in [4.69, 9.17) is 9.68 Å². The maximum absolute atomic E-state index is 11.0. The third kappa shape index (κ3) is 2.67. The minimum absolute atomic E-state index is 0.102. The highest BCUT2D eigenvalue weighted by Crippen LogP contribution is 2.23. The smallest absolute Gasteiger partial charge is 0.306 e. The molecule has 7 heteroatoms. The minimum Gasteiger partial charge on any atom is -0.463 e. The van der Waals surface area contributed by atoms with Gasteiger partial charge in [-0.2, -0.15) is 13.7 Å². The zero-order chi connectivity index (χ0) is 13.2.